The number of carbonyl (C=O) groups is 1. The Hall–Kier alpha value is -1.85. The van der Waals surface area contributed by atoms with E-state index in [1.54, 1.807) is 6.33 Å². The molecule has 0 aliphatic carbocycles. The lowest BCUT2D eigenvalue weighted by Gasteiger charge is -2.26. The maximum Gasteiger partial charge on any atom is 0.410 e. The van der Waals surface area contributed by atoms with E-state index in [1.807, 2.05) is 38.7 Å². The van der Waals surface area contributed by atoms with Gasteiger partial charge >= 0.3 is 6.09 Å². The van der Waals surface area contributed by atoms with Crippen LogP contribution in [0.25, 0.3) is 0 Å². The molecule has 2 aliphatic rings. The molecule has 1 aromatic rings. The van der Waals surface area contributed by atoms with Gasteiger partial charge in [0, 0.05) is 49.8 Å². The van der Waals surface area contributed by atoms with E-state index in [1.165, 1.54) is 0 Å². The summed E-state index contributed by atoms with van der Waals surface area (Å²) in [5.74, 6) is 2.00. The van der Waals surface area contributed by atoms with E-state index < -0.39 is 5.60 Å². The fourth-order valence-electron chi connectivity index (χ4n) is 3.27. The summed E-state index contributed by atoms with van der Waals surface area (Å²) in [5.41, 5.74) is 0.552. The van der Waals surface area contributed by atoms with Crippen molar-refractivity contribution in [1.82, 2.24) is 14.9 Å². The van der Waals surface area contributed by atoms with Crippen molar-refractivity contribution in [3.63, 3.8) is 0 Å². The van der Waals surface area contributed by atoms with Gasteiger partial charge in [-0.15, -0.1) is 0 Å². The zero-order chi connectivity index (χ0) is 15.9. The largest absolute Gasteiger partial charge is 0.444 e. The molecule has 0 bridgehead atoms. The lowest BCUT2D eigenvalue weighted by molar-refractivity contribution is 0.0282. The summed E-state index contributed by atoms with van der Waals surface area (Å²) in [6.45, 7) is 11.1. The normalized spacial score (nSPS) is 24.5. The molecule has 1 amide bonds. The molecule has 0 aromatic carbocycles. The molecule has 0 spiro atoms. The van der Waals surface area contributed by atoms with Crippen LogP contribution in [0.4, 0.5) is 10.6 Å². The maximum absolute atomic E-state index is 12.2. The topological polar surface area (TPSA) is 58.6 Å². The zero-order valence-corrected chi connectivity index (χ0v) is 13.7. The molecule has 6 nitrogen and oxygen atoms in total. The Morgan fingerprint density at radius 2 is 1.82 bits per heavy atom. The van der Waals surface area contributed by atoms with Crippen LogP contribution in [0.5, 0.6) is 0 Å². The van der Waals surface area contributed by atoms with Crippen molar-refractivity contribution in [2.75, 3.05) is 31.1 Å². The number of likely N-dealkylation sites (tertiary alicyclic amines) is 1. The number of fused-ring (bicyclic) bond motifs is 1. The van der Waals surface area contributed by atoms with Gasteiger partial charge in [0.1, 0.15) is 17.7 Å². The molecule has 2 atom stereocenters. The van der Waals surface area contributed by atoms with Crippen LogP contribution in [-0.2, 0) is 4.74 Å². The first-order valence-corrected chi connectivity index (χ1v) is 7.83. The fourth-order valence-corrected chi connectivity index (χ4v) is 3.27. The number of nitrogens with zero attached hydrogens (tertiary/aromatic N) is 4. The van der Waals surface area contributed by atoms with Gasteiger partial charge in [-0.05, 0) is 27.7 Å². The average Bonchev–Trinajstić information content (AvgIpc) is 2.94. The molecule has 2 saturated heterocycles. The highest BCUT2D eigenvalue weighted by molar-refractivity contribution is 5.68. The Morgan fingerprint density at radius 1 is 1.18 bits per heavy atom. The Morgan fingerprint density at radius 3 is 2.36 bits per heavy atom. The number of amides is 1. The SMILES string of the molecule is Cc1cc(N2C[C@H]3CN(C(=O)OC(C)(C)C)C[C@H]3C2)ncn1. The molecule has 2 aliphatic heterocycles. The fraction of sp³-hybridized carbons (Fsp3) is 0.688. The van der Waals surface area contributed by atoms with E-state index in [0.717, 1.165) is 37.7 Å². The average molecular weight is 304 g/mol. The summed E-state index contributed by atoms with van der Waals surface area (Å²) in [5, 5.41) is 0. The lowest BCUT2D eigenvalue weighted by atomic mass is 10.0. The molecule has 3 heterocycles. The Labute approximate surface area is 131 Å². The van der Waals surface area contributed by atoms with Gasteiger partial charge in [0.2, 0.25) is 0 Å². The van der Waals surface area contributed by atoms with Gasteiger partial charge < -0.3 is 14.5 Å². The number of carbonyl (C=O) groups excluding carboxylic acids is 1. The highest BCUT2D eigenvalue weighted by Crippen LogP contribution is 2.33. The van der Waals surface area contributed by atoms with E-state index in [4.69, 9.17) is 4.74 Å². The third-order valence-corrected chi connectivity index (χ3v) is 4.25. The van der Waals surface area contributed by atoms with Crippen LogP contribution in [0.1, 0.15) is 26.5 Å². The van der Waals surface area contributed by atoms with Gasteiger partial charge in [0.05, 0.1) is 0 Å². The van der Waals surface area contributed by atoms with Crippen molar-refractivity contribution in [2.45, 2.75) is 33.3 Å². The number of aromatic nitrogens is 2. The number of hydrogen-bond donors (Lipinski definition) is 0. The molecule has 6 heteroatoms. The van der Waals surface area contributed by atoms with Crippen molar-refractivity contribution in [3.8, 4) is 0 Å². The van der Waals surface area contributed by atoms with Crippen LogP contribution in [0, 0.1) is 18.8 Å². The highest BCUT2D eigenvalue weighted by atomic mass is 16.6. The second-order valence-electron chi connectivity index (χ2n) is 7.33. The number of rotatable bonds is 1. The first kappa shape index (κ1) is 15.1. The molecule has 22 heavy (non-hydrogen) atoms. The van der Waals surface area contributed by atoms with Crippen molar-refractivity contribution in [2.24, 2.45) is 11.8 Å². The maximum atomic E-state index is 12.2. The minimum absolute atomic E-state index is 0.189. The summed E-state index contributed by atoms with van der Waals surface area (Å²) in [6, 6.07) is 2.02. The molecule has 0 saturated carbocycles. The van der Waals surface area contributed by atoms with Crippen LogP contribution in [0.15, 0.2) is 12.4 Å². The highest BCUT2D eigenvalue weighted by Gasteiger charge is 2.43. The predicted molar refractivity (Wildman–Crippen MR) is 83.8 cm³/mol. The van der Waals surface area contributed by atoms with Crippen LogP contribution in [0.3, 0.4) is 0 Å². The smallest absolute Gasteiger partial charge is 0.410 e. The first-order valence-electron chi connectivity index (χ1n) is 7.83. The van der Waals surface area contributed by atoms with E-state index in [-0.39, 0.29) is 6.09 Å². The number of aryl methyl sites for hydroxylation is 1. The van der Waals surface area contributed by atoms with Crippen LogP contribution in [0.2, 0.25) is 0 Å². The number of anilines is 1. The molecule has 0 unspecified atom stereocenters. The second-order valence-corrected chi connectivity index (χ2v) is 7.33. The standard InChI is InChI=1S/C16H24N4O2/c1-11-5-14(18-10-17-11)19-6-12-8-20(9-13(12)7-19)15(21)22-16(2,3)4/h5,10,12-13H,6-9H2,1-4H3/t12-,13+. The molecule has 0 N–H and O–H groups in total. The minimum Gasteiger partial charge on any atom is -0.444 e. The van der Waals surface area contributed by atoms with Crippen molar-refractivity contribution >= 4 is 11.9 Å². The lowest BCUT2D eigenvalue weighted by Crippen LogP contribution is -2.37. The summed E-state index contributed by atoms with van der Waals surface area (Å²) >= 11 is 0. The summed E-state index contributed by atoms with van der Waals surface area (Å²) in [4.78, 5) is 24.8. The molecule has 0 radical (unpaired) electrons. The number of hydrogen-bond acceptors (Lipinski definition) is 5. The Balaban J connectivity index is 1.60. The number of ether oxygens (including phenoxy) is 1. The van der Waals surface area contributed by atoms with E-state index in [9.17, 15) is 4.79 Å². The quantitative estimate of drug-likeness (QED) is 0.795. The third-order valence-electron chi connectivity index (χ3n) is 4.25. The predicted octanol–water partition coefficient (Wildman–Crippen LogP) is 2.09. The third kappa shape index (κ3) is 3.15. The molecule has 1 aromatic heterocycles. The summed E-state index contributed by atoms with van der Waals surface area (Å²) < 4.78 is 5.47. The second kappa shape index (κ2) is 5.41. The van der Waals surface area contributed by atoms with Gasteiger partial charge in [0.25, 0.3) is 0 Å². The molecular weight excluding hydrogens is 280 g/mol. The minimum atomic E-state index is -0.431. The summed E-state index contributed by atoms with van der Waals surface area (Å²) in [7, 11) is 0. The van der Waals surface area contributed by atoms with Gasteiger partial charge in [0.15, 0.2) is 0 Å². The first-order chi connectivity index (χ1) is 10.3. The molecule has 2 fully saturated rings. The van der Waals surface area contributed by atoms with Crippen molar-refractivity contribution in [1.29, 1.82) is 0 Å². The van der Waals surface area contributed by atoms with Crippen LogP contribution in [-0.4, -0.2) is 52.7 Å². The van der Waals surface area contributed by atoms with Gasteiger partial charge in [-0.3, -0.25) is 0 Å². The van der Waals surface area contributed by atoms with E-state index in [2.05, 4.69) is 14.9 Å². The van der Waals surface area contributed by atoms with E-state index >= 15 is 0 Å². The Kier molecular flexibility index (Phi) is 3.70. The zero-order valence-electron chi connectivity index (χ0n) is 13.7. The van der Waals surface area contributed by atoms with Crippen molar-refractivity contribution < 1.29 is 9.53 Å². The van der Waals surface area contributed by atoms with Crippen LogP contribution < -0.4 is 4.90 Å². The monoisotopic (exact) mass is 304 g/mol. The molecular formula is C16H24N4O2. The van der Waals surface area contributed by atoms with Gasteiger partial charge in [-0.2, -0.15) is 0 Å². The van der Waals surface area contributed by atoms with Gasteiger partial charge in [-0.1, -0.05) is 0 Å². The molecule has 120 valence electrons. The van der Waals surface area contributed by atoms with Gasteiger partial charge in [-0.25, -0.2) is 14.8 Å². The molecule has 3 rings (SSSR count). The van der Waals surface area contributed by atoms with E-state index in [0.29, 0.717) is 11.8 Å². The Bertz CT molecular complexity index is 556. The van der Waals surface area contributed by atoms with Crippen molar-refractivity contribution in [3.05, 3.63) is 18.1 Å². The van der Waals surface area contributed by atoms with Crippen LogP contribution >= 0.6 is 0 Å². The summed E-state index contributed by atoms with van der Waals surface area (Å²) in [6.07, 6.45) is 1.43.